The molecule has 0 atom stereocenters. The lowest BCUT2D eigenvalue weighted by atomic mass is 10.1. The average Bonchev–Trinajstić information content (AvgIpc) is 2.95. The maximum Gasteiger partial charge on any atom is 0.145 e. The highest BCUT2D eigenvalue weighted by atomic mass is 35.5. The van der Waals surface area contributed by atoms with Gasteiger partial charge in [0.25, 0.3) is 0 Å². The minimum atomic E-state index is 0.172. The Morgan fingerprint density at radius 1 is 1.00 bits per heavy atom. The first-order valence-electron chi connectivity index (χ1n) is 8.11. The number of aromatic nitrogens is 2. The van der Waals surface area contributed by atoms with Crippen LogP contribution >= 0.6 is 11.6 Å². The molecular weight excluding hydrogens is 332 g/mol. The van der Waals surface area contributed by atoms with Gasteiger partial charge in [-0.05, 0) is 48.4 Å². The van der Waals surface area contributed by atoms with E-state index >= 15 is 0 Å². The van der Waals surface area contributed by atoms with E-state index in [1.54, 1.807) is 18.2 Å². The van der Waals surface area contributed by atoms with Crippen molar-refractivity contribution in [3.05, 3.63) is 82.9 Å². The summed E-state index contributed by atoms with van der Waals surface area (Å²) >= 11 is 6.16. The molecule has 0 saturated carbocycles. The number of phenols is 1. The maximum atomic E-state index is 10.3. The monoisotopic (exact) mass is 348 g/mol. The van der Waals surface area contributed by atoms with Crippen molar-refractivity contribution in [2.45, 2.75) is 13.5 Å². The number of imidazole rings is 1. The van der Waals surface area contributed by atoms with E-state index in [4.69, 9.17) is 16.6 Å². The van der Waals surface area contributed by atoms with Gasteiger partial charge in [-0.15, -0.1) is 0 Å². The highest BCUT2D eigenvalue weighted by molar-refractivity contribution is 6.30. The lowest BCUT2D eigenvalue weighted by molar-refractivity contribution is 0.476. The number of aryl methyl sites for hydroxylation is 1. The van der Waals surface area contributed by atoms with E-state index in [-0.39, 0.29) is 5.75 Å². The predicted octanol–water partition coefficient (Wildman–Crippen LogP) is 5.42. The molecule has 0 bridgehead atoms. The van der Waals surface area contributed by atoms with Gasteiger partial charge in [0.2, 0.25) is 0 Å². The largest absolute Gasteiger partial charge is 0.507 e. The smallest absolute Gasteiger partial charge is 0.145 e. The van der Waals surface area contributed by atoms with Crippen LogP contribution in [0, 0.1) is 6.92 Å². The number of aromatic hydroxyl groups is 1. The number of fused-ring (bicyclic) bond motifs is 1. The molecule has 1 aromatic heterocycles. The van der Waals surface area contributed by atoms with Gasteiger partial charge >= 0.3 is 0 Å². The van der Waals surface area contributed by atoms with Crippen molar-refractivity contribution in [1.29, 1.82) is 0 Å². The van der Waals surface area contributed by atoms with Crippen molar-refractivity contribution in [3.8, 4) is 17.1 Å². The summed E-state index contributed by atoms with van der Waals surface area (Å²) < 4.78 is 2.12. The zero-order valence-corrected chi connectivity index (χ0v) is 14.5. The summed E-state index contributed by atoms with van der Waals surface area (Å²) in [6, 6.07) is 21.5. The third-order valence-corrected chi connectivity index (χ3v) is 4.52. The number of hydrogen-bond acceptors (Lipinski definition) is 2. The highest BCUT2D eigenvalue weighted by Gasteiger charge is 2.16. The van der Waals surface area contributed by atoms with Crippen LogP contribution in [-0.4, -0.2) is 14.7 Å². The zero-order chi connectivity index (χ0) is 17.4. The second-order valence-electron chi connectivity index (χ2n) is 6.16. The Balaban J connectivity index is 1.96. The second-order valence-corrected chi connectivity index (χ2v) is 6.60. The van der Waals surface area contributed by atoms with Crippen LogP contribution in [0.25, 0.3) is 22.4 Å². The fraction of sp³-hybridized carbons (Fsp3) is 0.0952. The first-order valence-corrected chi connectivity index (χ1v) is 8.49. The maximum absolute atomic E-state index is 10.3. The number of phenolic OH excluding ortho intramolecular Hbond substituents is 1. The van der Waals surface area contributed by atoms with Gasteiger partial charge in [0.05, 0.1) is 16.6 Å². The number of nitrogens with zero attached hydrogens (tertiary/aromatic N) is 2. The fourth-order valence-corrected chi connectivity index (χ4v) is 3.23. The van der Waals surface area contributed by atoms with Crippen LogP contribution in [0.3, 0.4) is 0 Å². The minimum Gasteiger partial charge on any atom is -0.507 e. The van der Waals surface area contributed by atoms with Gasteiger partial charge < -0.3 is 9.67 Å². The zero-order valence-electron chi connectivity index (χ0n) is 13.8. The summed E-state index contributed by atoms with van der Waals surface area (Å²) in [5.74, 6) is 0.884. The molecule has 0 fully saturated rings. The normalized spacial score (nSPS) is 11.1. The Kier molecular flexibility index (Phi) is 3.94. The quantitative estimate of drug-likeness (QED) is 0.537. The van der Waals surface area contributed by atoms with Gasteiger partial charge in [0.1, 0.15) is 11.6 Å². The first kappa shape index (κ1) is 15.7. The van der Waals surface area contributed by atoms with Gasteiger partial charge in [-0.2, -0.15) is 0 Å². The van der Waals surface area contributed by atoms with E-state index in [9.17, 15) is 5.11 Å². The molecule has 4 rings (SSSR count). The van der Waals surface area contributed by atoms with E-state index in [0.29, 0.717) is 23.0 Å². The number of halogens is 1. The average molecular weight is 349 g/mol. The highest BCUT2D eigenvalue weighted by Crippen LogP contribution is 2.34. The molecule has 1 heterocycles. The Labute approximate surface area is 151 Å². The summed E-state index contributed by atoms with van der Waals surface area (Å²) in [4.78, 5) is 4.79. The molecule has 0 amide bonds. The van der Waals surface area contributed by atoms with Gasteiger partial charge in [0.15, 0.2) is 0 Å². The summed E-state index contributed by atoms with van der Waals surface area (Å²) in [6.07, 6.45) is 0. The second kappa shape index (κ2) is 6.26. The van der Waals surface area contributed by atoms with E-state index in [2.05, 4.69) is 34.9 Å². The Hall–Kier alpha value is -2.78. The summed E-state index contributed by atoms with van der Waals surface area (Å²) in [7, 11) is 0. The molecule has 0 saturated heterocycles. The molecule has 0 aliphatic carbocycles. The summed E-state index contributed by atoms with van der Waals surface area (Å²) in [5, 5.41) is 10.9. The van der Waals surface area contributed by atoms with Crippen LogP contribution in [0.15, 0.2) is 66.7 Å². The van der Waals surface area contributed by atoms with E-state index in [1.165, 1.54) is 5.56 Å². The van der Waals surface area contributed by atoms with Gasteiger partial charge in [-0.25, -0.2) is 4.98 Å². The molecule has 25 heavy (non-hydrogen) atoms. The Morgan fingerprint density at radius 2 is 1.80 bits per heavy atom. The number of hydrogen-bond donors (Lipinski definition) is 1. The van der Waals surface area contributed by atoms with Gasteiger partial charge in [-0.3, -0.25) is 0 Å². The molecule has 0 radical (unpaired) electrons. The van der Waals surface area contributed by atoms with Crippen molar-refractivity contribution < 1.29 is 5.11 Å². The predicted molar refractivity (Wildman–Crippen MR) is 102 cm³/mol. The number of rotatable bonds is 3. The van der Waals surface area contributed by atoms with E-state index in [0.717, 1.165) is 16.6 Å². The van der Waals surface area contributed by atoms with Crippen molar-refractivity contribution in [3.63, 3.8) is 0 Å². The third-order valence-electron chi connectivity index (χ3n) is 4.29. The molecule has 4 heteroatoms. The van der Waals surface area contributed by atoms with Gasteiger partial charge in [0, 0.05) is 11.6 Å². The number of benzene rings is 3. The summed E-state index contributed by atoms with van der Waals surface area (Å²) in [6.45, 7) is 2.72. The Bertz CT molecular complexity index is 1050. The SMILES string of the molecule is Cc1ccc2c(c1)nc(-c1cc(Cl)ccc1O)n2Cc1ccccc1. The summed E-state index contributed by atoms with van der Waals surface area (Å²) in [5.41, 5.74) is 4.90. The van der Waals surface area contributed by atoms with Crippen molar-refractivity contribution in [2.75, 3.05) is 0 Å². The van der Waals surface area contributed by atoms with Crippen LogP contribution in [-0.2, 0) is 6.54 Å². The molecule has 124 valence electrons. The van der Waals surface area contributed by atoms with E-state index in [1.807, 2.05) is 25.1 Å². The first-order chi connectivity index (χ1) is 12.1. The minimum absolute atomic E-state index is 0.172. The molecule has 3 aromatic carbocycles. The molecule has 0 spiro atoms. The fourth-order valence-electron chi connectivity index (χ4n) is 3.06. The van der Waals surface area contributed by atoms with Crippen LogP contribution < -0.4 is 0 Å². The van der Waals surface area contributed by atoms with Gasteiger partial charge in [-0.1, -0.05) is 48.0 Å². The van der Waals surface area contributed by atoms with E-state index < -0.39 is 0 Å². The Morgan fingerprint density at radius 3 is 2.60 bits per heavy atom. The molecule has 0 aliphatic rings. The van der Waals surface area contributed by atoms with Crippen molar-refractivity contribution >= 4 is 22.6 Å². The molecule has 3 nitrogen and oxygen atoms in total. The molecule has 0 unspecified atom stereocenters. The lowest BCUT2D eigenvalue weighted by Crippen LogP contribution is -2.02. The van der Waals surface area contributed by atoms with Crippen LogP contribution in [0.2, 0.25) is 5.02 Å². The molecule has 0 aliphatic heterocycles. The van der Waals surface area contributed by atoms with Crippen LogP contribution in [0.1, 0.15) is 11.1 Å². The van der Waals surface area contributed by atoms with Crippen LogP contribution in [0.4, 0.5) is 0 Å². The van der Waals surface area contributed by atoms with Crippen LogP contribution in [0.5, 0.6) is 5.75 Å². The molecule has 4 aromatic rings. The lowest BCUT2D eigenvalue weighted by Gasteiger charge is -2.11. The molecular formula is C21H17ClN2O. The standard InChI is InChI=1S/C21H17ClN2O/c1-14-7-9-19-18(11-14)23-21(17-12-16(22)8-10-20(17)25)24(19)13-15-5-3-2-4-6-15/h2-12,25H,13H2,1H3. The third kappa shape index (κ3) is 2.99. The van der Waals surface area contributed by atoms with Crippen molar-refractivity contribution in [2.24, 2.45) is 0 Å². The topological polar surface area (TPSA) is 38.1 Å². The van der Waals surface area contributed by atoms with Crippen molar-refractivity contribution in [1.82, 2.24) is 9.55 Å². The molecule has 1 N–H and O–H groups in total.